The maximum Gasteiger partial charge on any atom is 0.340 e. The molecule has 2 aromatic rings. The molecule has 0 radical (unpaired) electrons. The topological polar surface area (TPSA) is 113 Å². The van der Waals surface area contributed by atoms with E-state index in [1.54, 1.807) is 24.3 Å². The highest BCUT2D eigenvalue weighted by atomic mass is 16.6. The van der Waals surface area contributed by atoms with Gasteiger partial charge in [0.2, 0.25) is 5.91 Å². The first-order valence-electron chi connectivity index (χ1n) is 9.19. The number of hydrogen-bond donors (Lipinski definition) is 2. The molecular weight excluding hydrogens is 406 g/mol. The maximum absolute atomic E-state index is 12.4. The van der Waals surface area contributed by atoms with E-state index in [9.17, 15) is 14.7 Å². The standard InChI is InChI=1S/C22H25NO8/c1-13(24)22(26)31-20-10-14(6-8-17(20)28-3)23-21(25)9-7-16-18(29-4)11-15(27-2)12-19(16)30-5/h6-13,24H,1-5H3,(H,23,25)/b9-7+. The minimum atomic E-state index is -1.31. The van der Waals surface area contributed by atoms with E-state index >= 15 is 0 Å². The number of carbonyl (C=O) groups is 2. The van der Waals surface area contributed by atoms with Crippen LogP contribution < -0.4 is 29.0 Å². The van der Waals surface area contributed by atoms with Gasteiger partial charge in [-0.05, 0) is 25.1 Å². The number of benzene rings is 2. The zero-order valence-corrected chi connectivity index (χ0v) is 17.9. The lowest BCUT2D eigenvalue weighted by molar-refractivity contribution is -0.142. The molecule has 0 saturated heterocycles. The highest BCUT2D eigenvalue weighted by Gasteiger charge is 2.16. The van der Waals surface area contributed by atoms with E-state index in [1.165, 1.54) is 53.6 Å². The van der Waals surface area contributed by atoms with Crippen molar-refractivity contribution in [2.24, 2.45) is 0 Å². The van der Waals surface area contributed by atoms with Gasteiger partial charge in [-0.1, -0.05) is 0 Å². The van der Waals surface area contributed by atoms with Crippen molar-refractivity contribution in [2.45, 2.75) is 13.0 Å². The summed E-state index contributed by atoms with van der Waals surface area (Å²) in [4.78, 5) is 24.1. The predicted octanol–water partition coefficient (Wildman–Crippen LogP) is 2.66. The summed E-state index contributed by atoms with van der Waals surface area (Å²) >= 11 is 0. The second-order valence-electron chi connectivity index (χ2n) is 6.23. The molecule has 0 saturated carbocycles. The van der Waals surface area contributed by atoms with Crippen LogP contribution in [0.5, 0.6) is 28.7 Å². The van der Waals surface area contributed by atoms with Gasteiger partial charge in [-0.3, -0.25) is 4.79 Å². The zero-order chi connectivity index (χ0) is 23.0. The van der Waals surface area contributed by atoms with Crippen molar-refractivity contribution in [3.8, 4) is 28.7 Å². The van der Waals surface area contributed by atoms with Crippen LogP contribution in [0.4, 0.5) is 5.69 Å². The average molecular weight is 431 g/mol. The summed E-state index contributed by atoms with van der Waals surface area (Å²) in [7, 11) is 5.93. The number of ether oxygens (including phenoxy) is 5. The monoisotopic (exact) mass is 431 g/mol. The number of hydrogen-bond acceptors (Lipinski definition) is 8. The van der Waals surface area contributed by atoms with Gasteiger partial charge in [0, 0.05) is 30.0 Å². The molecule has 0 fully saturated rings. The molecular formula is C22H25NO8. The Morgan fingerprint density at radius 1 is 0.903 bits per heavy atom. The summed E-state index contributed by atoms with van der Waals surface area (Å²) in [6.07, 6.45) is 1.54. The van der Waals surface area contributed by atoms with Crippen molar-refractivity contribution < 1.29 is 38.4 Å². The third-order valence-corrected chi connectivity index (χ3v) is 4.14. The quantitative estimate of drug-likeness (QED) is 0.354. The van der Waals surface area contributed by atoms with Crippen LogP contribution in [-0.2, 0) is 9.59 Å². The van der Waals surface area contributed by atoms with E-state index in [0.717, 1.165) is 0 Å². The van der Waals surface area contributed by atoms with Gasteiger partial charge in [0.05, 0.1) is 34.0 Å². The Bertz CT molecular complexity index is 943. The number of aliphatic hydroxyl groups is 1. The average Bonchev–Trinajstić information content (AvgIpc) is 2.77. The van der Waals surface area contributed by atoms with Crippen molar-refractivity contribution >= 4 is 23.6 Å². The van der Waals surface area contributed by atoms with E-state index in [1.807, 2.05) is 0 Å². The summed E-state index contributed by atoms with van der Waals surface area (Å²) < 4.78 is 26.2. The van der Waals surface area contributed by atoms with Gasteiger partial charge in [-0.25, -0.2) is 4.79 Å². The Labute approximate surface area is 180 Å². The van der Waals surface area contributed by atoms with Crippen LogP contribution in [-0.4, -0.2) is 51.5 Å². The molecule has 1 unspecified atom stereocenters. The number of methoxy groups -OCH3 is 4. The van der Waals surface area contributed by atoms with E-state index in [2.05, 4.69) is 5.32 Å². The molecule has 31 heavy (non-hydrogen) atoms. The molecule has 0 aromatic heterocycles. The van der Waals surface area contributed by atoms with E-state index < -0.39 is 18.0 Å². The summed E-state index contributed by atoms with van der Waals surface area (Å²) in [5.74, 6) is 0.532. The molecule has 9 heteroatoms. The van der Waals surface area contributed by atoms with E-state index in [-0.39, 0.29) is 11.5 Å². The second kappa shape index (κ2) is 10.9. The molecule has 2 rings (SSSR count). The Hall–Kier alpha value is -3.72. The van der Waals surface area contributed by atoms with Crippen LogP contribution in [0.2, 0.25) is 0 Å². The zero-order valence-electron chi connectivity index (χ0n) is 17.9. The fourth-order valence-electron chi connectivity index (χ4n) is 2.57. The van der Waals surface area contributed by atoms with Gasteiger partial charge in [0.25, 0.3) is 0 Å². The molecule has 9 nitrogen and oxygen atoms in total. The van der Waals surface area contributed by atoms with Gasteiger partial charge in [0.15, 0.2) is 11.5 Å². The Kier molecular flexibility index (Phi) is 8.27. The van der Waals surface area contributed by atoms with Gasteiger partial charge >= 0.3 is 5.97 Å². The molecule has 1 atom stereocenters. The molecule has 0 spiro atoms. The molecule has 2 N–H and O–H groups in total. The Balaban J connectivity index is 2.23. The highest BCUT2D eigenvalue weighted by Crippen LogP contribution is 2.35. The van der Waals surface area contributed by atoms with Crippen molar-refractivity contribution in [2.75, 3.05) is 33.8 Å². The van der Waals surface area contributed by atoms with E-state index in [4.69, 9.17) is 23.7 Å². The Morgan fingerprint density at radius 3 is 2.03 bits per heavy atom. The number of aliphatic hydroxyl groups excluding tert-OH is 1. The van der Waals surface area contributed by atoms with Gasteiger partial charge in [-0.2, -0.15) is 0 Å². The summed E-state index contributed by atoms with van der Waals surface area (Å²) in [6.45, 7) is 1.28. The second-order valence-corrected chi connectivity index (χ2v) is 6.23. The lowest BCUT2D eigenvalue weighted by Gasteiger charge is -2.13. The molecule has 1 amide bonds. The smallest absolute Gasteiger partial charge is 0.340 e. The van der Waals surface area contributed by atoms with E-state index in [0.29, 0.717) is 28.5 Å². The fourth-order valence-corrected chi connectivity index (χ4v) is 2.57. The largest absolute Gasteiger partial charge is 0.496 e. The van der Waals surface area contributed by atoms with Crippen LogP contribution in [0.1, 0.15) is 12.5 Å². The number of esters is 1. The number of nitrogens with one attached hydrogen (secondary N) is 1. The number of amides is 1. The summed E-state index contributed by atoms with van der Waals surface area (Å²) in [5.41, 5.74) is 0.916. The van der Waals surface area contributed by atoms with Crippen LogP contribution in [0.15, 0.2) is 36.4 Å². The highest BCUT2D eigenvalue weighted by molar-refractivity contribution is 6.02. The molecule has 166 valence electrons. The SMILES string of the molecule is COc1cc(OC)c(/C=C/C(=O)Nc2ccc(OC)c(OC(=O)C(C)O)c2)c(OC)c1. The molecule has 0 aliphatic carbocycles. The van der Waals surface area contributed by atoms with Crippen molar-refractivity contribution in [3.63, 3.8) is 0 Å². The molecule has 0 bridgehead atoms. The van der Waals surface area contributed by atoms with Crippen LogP contribution in [0.25, 0.3) is 6.08 Å². The number of carbonyl (C=O) groups excluding carboxylic acids is 2. The third-order valence-electron chi connectivity index (χ3n) is 4.14. The van der Waals surface area contributed by atoms with Crippen molar-refractivity contribution in [1.29, 1.82) is 0 Å². The van der Waals surface area contributed by atoms with Gasteiger partial charge in [-0.15, -0.1) is 0 Å². The fraction of sp³-hybridized carbons (Fsp3) is 0.273. The summed E-state index contributed by atoms with van der Waals surface area (Å²) in [6, 6.07) is 7.87. The molecule has 0 aliphatic heterocycles. The molecule has 2 aromatic carbocycles. The first-order valence-corrected chi connectivity index (χ1v) is 9.19. The Morgan fingerprint density at radius 2 is 1.52 bits per heavy atom. The molecule has 0 aliphatic rings. The first kappa shape index (κ1) is 23.6. The van der Waals surface area contributed by atoms with Crippen LogP contribution in [0.3, 0.4) is 0 Å². The lowest BCUT2D eigenvalue weighted by Crippen LogP contribution is -2.22. The third kappa shape index (κ3) is 6.13. The van der Waals surface area contributed by atoms with Crippen molar-refractivity contribution in [3.05, 3.63) is 42.0 Å². The number of anilines is 1. The first-order chi connectivity index (χ1) is 14.8. The minimum absolute atomic E-state index is 0.0636. The van der Waals surface area contributed by atoms with Crippen molar-refractivity contribution in [1.82, 2.24) is 0 Å². The number of rotatable bonds is 9. The molecule has 0 heterocycles. The predicted molar refractivity (Wildman–Crippen MR) is 114 cm³/mol. The summed E-state index contributed by atoms with van der Waals surface area (Å²) in [5, 5.41) is 12.0. The van der Waals surface area contributed by atoms with Crippen LogP contribution >= 0.6 is 0 Å². The minimum Gasteiger partial charge on any atom is -0.496 e. The van der Waals surface area contributed by atoms with Crippen LogP contribution in [0, 0.1) is 0 Å². The maximum atomic E-state index is 12.4. The van der Waals surface area contributed by atoms with Gasteiger partial charge in [0.1, 0.15) is 23.4 Å². The van der Waals surface area contributed by atoms with Gasteiger partial charge < -0.3 is 34.1 Å². The normalized spacial score (nSPS) is 11.5. The lowest BCUT2D eigenvalue weighted by atomic mass is 10.1.